The largest absolute Gasteiger partial charge is 0.436 e. The van der Waals surface area contributed by atoms with Crippen molar-refractivity contribution < 1.29 is 17.6 Å². The Morgan fingerprint density at radius 3 is 2.30 bits per heavy atom. The molecule has 7 nitrogen and oxygen atoms in total. The standard InChI is InChI=1S/C24H20ClN3O4S/c1-15-11-16(2)13-19(12-15)26-23(29)21-14-17-5-3-4-6-22(17)32-24(21)27-28-33(30,31)20-9-7-18(25)8-10-20/h3-14,28H,1-2H3,(H,26,29). The third kappa shape index (κ3) is 5.24. The number of rotatable bonds is 5. The molecule has 168 valence electrons. The van der Waals surface area contributed by atoms with Crippen molar-refractivity contribution in [3.8, 4) is 0 Å². The topological polar surface area (TPSA) is 101 Å². The van der Waals surface area contributed by atoms with Gasteiger partial charge >= 0.3 is 0 Å². The van der Waals surface area contributed by atoms with Crippen molar-refractivity contribution in [1.29, 1.82) is 0 Å². The number of halogens is 1. The van der Waals surface area contributed by atoms with E-state index in [4.69, 9.17) is 16.0 Å². The summed E-state index contributed by atoms with van der Waals surface area (Å²) in [5, 5.41) is 7.83. The molecule has 0 bridgehead atoms. The van der Waals surface area contributed by atoms with Gasteiger partial charge in [0.05, 0.1) is 4.90 Å². The zero-order valence-electron chi connectivity index (χ0n) is 17.8. The van der Waals surface area contributed by atoms with E-state index >= 15 is 0 Å². The van der Waals surface area contributed by atoms with Gasteiger partial charge in [-0.3, -0.25) is 4.79 Å². The zero-order chi connectivity index (χ0) is 23.6. The van der Waals surface area contributed by atoms with Crippen LogP contribution in [0.4, 0.5) is 5.69 Å². The minimum Gasteiger partial charge on any atom is -0.436 e. The van der Waals surface area contributed by atoms with Crippen molar-refractivity contribution in [2.45, 2.75) is 18.7 Å². The first-order valence-electron chi connectivity index (χ1n) is 9.95. The van der Waals surface area contributed by atoms with Gasteiger partial charge in [-0.15, -0.1) is 5.10 Å². The number of nitrogens with one attached hydrogen (secondary N) is 2. The van der Waals surface area contributed by atoms with Gasteiger partial charge in [-0.2, -0.15) is 13.2 Å². The molecule has 3 aromatic carbocycles. The molecule has 1 heterocycles. The molecule has 1 amide bonds. The summed E-state index contributed by atoms with van der Waals surface area (Å²) in [7, 11) is -4.01. The fraction of sp³-hybridized carbons (Fsp3) is 0.0833. The number of carbonyl (C=O) groups excluding carboxylic acids is 1. The number of aryl methyl sites for hydroxylation is 2. The predicted octanol–water partition coefficient (Wildman–Crippen LogP) is 4.75. The Kier molecular flexibility index (Phi) is 6.22. The molecule has 9 heteroatoms. The van der Waals surface area contributed by atoms with E-state index in [0.717, 1.165) is 11.1 Å². The second kappa shape index (κ2) is 9.09. The Morgan fingerprint density at radius 2 is 1.61 bits per heavy atom. The van der Waals surface area contributed by atoms with E-state index in [0.29, 0.717) is 21.7 Å². The number of nitrogens with zero attached hydrogens (tertiary/aromatic N) is 1. The maximum Gasteiger partial charge on any atom is 0.276 e. The van der Waals surface area contributed by atoms with Crippen molar-refractivity contribution in [3.05, 3.63) is 100 Å². The van der Waals surface area contributed by atoms with Gasteiger partial charge in [0, 0.05) is 16.1 Å². The van der Waals surface area contributed by atoms with E-state index in [1.165, 1.54) is 24.3 Å². The van der Waals surface area contributed by atoms with Crippen LogP contribution in [0.1, 0.15) is 21.5 Å². The molecular weight excluding hydrogens is 462 g/mol. The summed E-state index contributed by atoms with van der Waals surface area (Å²) in [6.07, 6.45) is 0. The highest BCUT2D eigenvalue weighted by molar-refractivity contribution is 7.89. The Bertz CT molecular complexity index is 1510. The van der Waals surface area contributed by atoms with Crippen LogP contribution in [0.25, 0.3) is 11.0 Å². The van der Waals surface area contributed by atoms with E-state index < -0.39 is 15.9 Å². The van der Waals surface area contributed by atoms with Crippen molar-refractivity contribution >= 4 is 44.2 Å². The summed E-state index contributed by atoms with van der Waals surface area (Å²) in [5.41, 5.74) is 2.95. The molecule has 4 rings (SSSR count). The SMILES string of the molecule is Cc1cc(C)cc(NC(=O)c2cc3ccccc3oc2=NNS(=O)(=O)c2ccc(Cl)cc2)c1. The second-order valence-electron chi connectivity index (χ2n) is 7.49. The number of hydrogen-bond acceptors (Lipinski definition) is 5. The molecule has 0 unspecified atom stereocenters. The minimum absolute atomic E-state index is 0.0299. The predicted molar refractivity (Wildman–Crippen MR) is 127 cm³/mol. The minimum atomic E-state index is -4.01. The molecule has 4 aromatic rings. The lowest BCUT2D eigenvalue weighted by molar-refractivity contribution is 0.102. The van der Waals surface area contributed by atoms with E-state index in [1.807, 2.05) is 38.1 Å². The van der Waals surface area contributed by atoms with Gasteiger partial charge in [0.2, 0.25) is 5.55 Å². The average molecular weight is 482 g/mol. The molecule has 0 aliphatic carbocycles. The van der Waals surface area contributed by atoms with Crippen molar-refractivity contribution in [2.75, 3.05) is 5.32 Å². The first kappa shape index (κ1) is 22.6. The molecule has 0 spiro atoms. The number of carbonyl (C=O) groups is 1. The van der Waals surface area contributed by atoms with Crippen molar-refractivity contribution in [1.82, 2.24) is 4.83 Å². The molecule has 0 fully saturated rings. The van der Waals surface area contributed by atoms with Crippen LogP contribution in [0.15, 0.2) is 87.2 Å². The third-order valence-electron chi connectivity index (χ3n) is 4.77. The van der Waals surface area contributed by atoms with Gasteiger partial charge in [0.25, 0.3) is 15.9 Å². The number of para-hydroxylation sites is 1. The second-order valence-corrected chi connectivity index (χ2v) is 9.59. The maximum absolute atomic E-state index is 13.1. The van der Waals surface area contributed by atoms with Gasteiger partial charge in [-0.05, 0) is 73.5 Å². The monoisotopic (exact) mass is 481 g/mol. The number of sulfonamides is 1. The van der Waals surface area contributed by atoms with Crippen LogP contribution in [-0.4, -0.2) is 14.3 Å². The van der Waals surface area contributed by atoms with Crippen molar-refractivity contribution in [3.63, 3.8) is 0 Å². The van der Waals surface area contributed by atoms with Crippen LogP contribution in [0, 0.1) is 13.8 Å². The molecule has 0 aliphatic rings. The summed E-state index contributed by atoms with van der Waals surface area (Å²) in [6.45, 7) is 3.86. The van der Waals surface area contributed by atoms with E-state index in [1.54, 1.807) is 24.3 Å². The van der Waals surface area contributed by atoms with E-state index in [2.05, 4.69) is 15.2 Å². The lowest BCUT2D eigenvalue weighted by Gasteiger charge is -2.09. The molecule has 0 aliphatic heterocycles. The number of fused-ring (bicyclic) bond motifs is 1. The summed E-state index contributed by atoms with van der Waals surface area (Å²) in [4.78, 5) is 15.2. The maximum atomic E-state index is 13.1. The molecule has 0 saturated carbocycles. The van der Waals surface area contributed by atoms with Crippen LogP contribution >= 0.6 is 11.6 Å². The molecule has 0 radical (unpaired) electrons. The first-order valence-corrected chi connectivity index (χ1v) is 11.8. The summed E-state index contributed by atoms with van der Waals surface area (Å²) in [5.74, 6) is -0.487. The van der Waals surface area contributed by atoms with Crippen LogP contribution in [0.3, 0.4) is 0 Å². The van der Waals surface area contributed by atoms with Gasteiger partial charge in [-0.25, -0.2) is 0 Å². The number of benzene rings is 3. The molecule has 2 N–H and O–H groups in total. The zero-order valence-corrected chi connectivity index (χ0v) is 19.4. The van der Waals surface area contributed by atoms with Gasteiger partial charge in [0.15, 0.2) is 0 Å². The van der Waals surface area contributed by atoms with Crippen LogP contribution in [0.5, 0.6) is 0 Å². The molecular formula is C24H20ClN3O4S. The Balaban J connectivity index is 1.75. The number of hydrogen-bond donors (Lipinski definition) is 2. The van der Waals surface area contributed by atoms with Gasteiger partial charge in [-0.1, -0.05) is 35.9 Å². The van der Waals surface area contributed by atoms with Gasteiger partial charge in [0.1, 0.15) is 11.1 Å². The molecule has 1 aromatic heterocycles. The lowest BCUT2D eigenvalue weighted by atomic mass is 10.1. The van der Waals surface area contributed by atoms with Crippen molar-refractivity contribution in [2.24, 2.45) is 5.10 Å². The fourth-order valence-corrected chi connectivity index (χ4v) is 4.26. The normalized spacial score (nSPS) is 12.0. The van der Waals surface area contributed by atoms with E-state index in [9.17, 15) is 13.2 Å². The summed E-state index contributed by atoms with van der Waals surface area (Å²) >= 11 is 5.83. The highest BCUT2D eigenvalue weighted by Gasteiger charge is 2.16. The first-order chi connectivity index (χ1) is 15.7. The summed E-state index contributed by atoms with van der Waals surface area (Å²) < 4.78 is 31.0. The van der Waals surface area contributed by atoms with Crippen LogP contribution < -0.4 is 15.7 Å². The van der Waals surface area contributed by atoms with Gasteiger partial charge < -0.3 is 9.73 Å². The fourth-order valence-electron chi connectivity index (χ4n) is 3.33. The highest BCUT2D eigenvalue weighted by Crippen LogP contribution is 2.17. The quantitative estimate of drug-likeness (QED) is 0.402. The Morgan fingerprint density at radius 1 is 0.939 bits per heavy atom. The van der Waals surface area contributed by atoms with E-state index in [-0.39, 0.29) is 16.0 Å². The summed E-state index contributed by atoms with van der Waals surface area (Å²) in [6, 6.07) is 20.0. The molecule has 0 atom stereocenters. The number of amides is 1. The average Bonchev–Trinajstić information content (AvgIpc) is 2.76. The lowest BCUT2D eigenvalue weighted by Crippen LogP contribution is -2.27. The number of anilines is 1. The third-order valence-corrected chi connectivity index (χ3v) is 6.25. The smallest absolute Gasteiger partial charge is 0.276 e. The highest BCUT2D eigenvalue weighted by atomic mass is 35.5. The Hall–Kier alpha value is -3.62. The Labute approximate surface area is 195 Å². The van der Waals surface area contributed by atoms with Crippen LogP contribution in [-0.2, 0) is 10.0 Å². The van der Waals surface area contributed by atoms with Crippen LogP contribution in [0.2, 0.25) is 5.02 Å². The molecule has 33 heavy (non-hydrogen) atoms. The molecule has 0 saturated heterocycles.